The lowest BCUT2D eigenvalue weighted by atomic mass is 10.1. The molecule has 4 unspecified atom stereocenters. The normalized spacial score (nSPS) is 17.9. The molecule has 4 atom stereocenters. The number of carbonyl (C=O) groups excluding carboxylic acids is 3. The van der Waals surface area contributed by atoms with Crippen molar-refractivity contribution in [2.75, 3.05) is 18.6 Å². The number of hydrogen-bond donors (Lipinski definition) is 6. The topological polar surface area (TPSA) is 208 Å². The van der Waals surface area contributed by atoms with Gasteiger partial charge in [0, 0.05) is 31.3 Å². The van der Waals surface area contributed by atoms with Crippen LogP contribution >= 0.6 is 11.8 Å². The average Bonchev–Trinajstić information content (AvgIpc) is 3.50. The number of hydrogen-bond acceptors (Lipinski definition) is 8. The molecule has 1 aliphatic rings. The first-order valence-corrected chi connectivity index (χ1v) is 12.6. The van der Waals surface area contributed by atoms with E-state index in [2.05, 4.69) is 20.6 Å². The minimum atomic E-state index is -1.27. The van der Waals surface area contributed by atoms with Gasteiger partial charge < -0.3 is 36.5 Å². The zero-order chi connectivity index (χ0) is 26.0. The first kappa shape index (κ1) is 28.1. The van der Waals surface area contributed by atoms with Gasteiger partial charge in [0.1, 0.15) is 18.1 Å². The van der Waals surface area contributed by atoms with Crippen LogP contribution in [0.15, 0.2) is 12.5 Å². The average molecular weight is 513 g/mol. The smallest absolute Gasteiger partial charge is 0.326 e. The van der Waals surface area contributed by atoms with E-state index >= 15 is 0 Å². The SMILES string of the molecule is CSCCC(NC(=O)C(CCC(=O)O)NC(=O)C1CCCN1C(=O)C(N)Cc1cnc[nH]1)C(=O)O. The van der Waals surface area contributed by atoms with Crippen molar-refractivity contribution in [3.8, 4) is 0 Å². The van der Waals surface area contributed by atoms with Crippen molar-refractivity contribution in [3.05, 3.63) is 18.2 Å². The Morgan fingerprint density at radius 1 is 1.23 bits per heavy atom. The second-order valence-electron chi connectivity index (χ2n) is 8.25. The van der Waals surface area contributed by atoms with Crippen LogP contribution in [-0.4, -0.2) is 97.5 Å². The van der Waals surface area contributed by atoms with E-state index in [4.69, 9.17) is 10.8 Å². The van der Waals surface area contributed by atoms with E-state index in [1.54, 1.807) is 12.5 Å². The highest BCUT2D eigenvalue weighted by Gasteiger charge is 2.38. The molecule has 14 heteroatoms. The summed E-state index contributed by atoms with van der Waals surface area (Å²) < 4.78 is 0. The van der Waals surface area contributed by atoms with Gasteiger partial charge in [0.2, 0.25) is 17.7 Å². The Hall–Kier alpha value is -3.13. The molecule has 3 amide bonds. The van der Waals surface area contributed by atoms with Crippen LogP contribution < -0.4 is 16.4 Å². The Morgan fingerprint density at radius 2 is 1.97 bits per heavy atom. The lowest BCUT2D eigenvalue weighted by Crippen LogP contribution is -2.56. The molecule has 13 nitrogen and oxygen atoms in total. The highest BCUT2D eigenvalue weighted by atomic mass is 32.2. The van der Waals surface area contributed by atoms with E-state index in [-0.39, 0.29) is 19.3 Å². The Balaban J connectivity index is 2.07. The van der Waals surface area contributed by atoms with Gasteiger partial charge in [0.25, 0.3) is 0 Å². The maximum atomic E-state index is 13.0. The van der Waals surface area contributed by atoms with E-state index in [9.17, 15) is 29.1 Å². The number of nitrogens with two attached hydrogens (primary N) is 1. The van der Waals surface area contributed by atoms with Gasteiger partial charge in [-0.3, -0.25) is 19.2 Å². The molecule has 2 rings (SSSR count). The summed E-state index contributed by atoms with van der Waals surface area (Å²) in [6, 6.07) is -4.22. The van der Waals surface area contributed by atoms with Crippen LogP contribution in [0.25, 0.3) is 0 Å². The van der Waals surface area contributed by atoms with Crippen molar-refractivity contribution in [1.82, 2.24) is 25.5 Å². The number of carboxylic acid groups (broad SMARTS) is 2. The summed E-state index contributed by atoms with van der Waals surface area (Å²) in [4.78, 5) is 69.4. The largest absolute Gasteiger partial charge is 0.481 e. The molecule has 0 aliphatic carbocycles. The standard InChI is InChI=1S/C21H32N6O7S/c1-35-8-6-15(21(33)34)26-18(30)14(4-5-17(28)29)25-19(31)16-3-2-7-27(16)20(32)13(22)9-12-10-23-11-24-12/h10-11,13-16H,2-9,22H2,1H3,(H,23,24)(H,25,31)(H,26,30)(H,28,29)(H,33,34). The number of likely N-dealkylation sites (tertiary alicyclic amines) is 1. The number of carboxylic acids is 2. The number of thioether (sulfide) groups is 1. The minimum Gasteiger partial charge on any atom is -0.481 e. The molecule has 0 aromatic carbocycles. The summed E-state index contributed by atoms with van der Waals surface area (Å²) in [5, 5.41) is 23.3. The van der Waals surface area contributed by atoms with Crippen LogP contribution in [0.5, 0.6) is 0 Å². The number of amides is 3. The number of aromatic amines is 1. The highest BCUT2D eigenvalue weighted by molar-refractivity contribution is 7.98. The van der Waals surface area contributed by atoms with Gasteiger partial charge in [0.05, 0.1) is 12.4 Å². The molecule has 1 fully saturated rings. The molecule has 1 aromatic heterocycles. The predicted octanol–water partition coefficient (Wildman–Crippen LogP) is -1.06. The first-order chi connectivity index (χ1) is 16.6. The maximum absolute atomic E-state index is 13.0. The van der Waals surface area contributed by atoms with E-state index in [0.29, 0.717) is 30.8 Å². The fraction of sp³-hybridized carbons (Fsp3) is 0.619. The lowest BCUT2D eigenvalue weighted by molar-refractivity contribution is -0.143. The Bertz CT molecular complexity index is 897. The summed E-state index contributed by atoms with van der Waals surface area (Å²) in [7, 11) is 0. The van der Waals surface area contributed by atoms with E-state index in [0.717, 1.165) is 0 Å². The van der Waals surface area contributed by atoms with Crippen LogP contribution in [0.4, 0.5) is 0 Å². The number of aromatic nitrogens is 2. The monoisotopic (exact) mass is 512 g/mol. The Labute approximate surface area is 206 Å². The quantitative estimate of drug-likeness (QED) is 0.178. The molecule has 0 radical (unpaired) electrons. The summed E-state index contributed by atoms with van der Waals surface area (Å²) in [6.45, 7) is 0.315. The van der Waals surface area contributed by atoms with E-state index in [1.165, 1.54) is 23.0 Å². The van der Waals surface area contributed by atoms with Crippen LogP contribution in [-0.2, 0) is 30.4 Å². The molecule has 0 spiro atoms. The zero-order valence-electron chi connectivity index (χ0n) is 19.4. The fourth-order valence-corrected chi connectivity index (χ4v) is 4.28. The molecule has 0 saturated carbocycles. The highest BCUT2D eigenvalue weighted by Crippen LogP contribution is 2.19. The minimum absolute atomic E-state index is 0.168. The van der Waals surface area contributed by atoms with Gasteiger partial charge in [-0.1, -0.05) is 0 Å². The molecule has 2 heterocycles. The number of H-pyrrole nitrogens is 1. The van der Waals surface area contributed by atoms with Gasteiger partial charge in [0.15, 0.2) is 0 Å². The number of imidazole rings is 1. The van der Waals surface area contributed by atoms with Gasteiger partial charge >= 0.3 is 11.9 Å². The number of aliphatic carboxylic acids is 2. The second kappa shape index (κ2) is 13.7. The van der Waals surface area contributed by atoms with Crippen molar-refractivity contribution in [2.45, 2.75) is 62.7 Å². The summed E-state index contributed by atoms with van der Waals surface area (Å²) in [5.74, 6) is -3.74. The molecule has 194 valence electrons. The zero-order valence-corrected chi connectivity index (χ0v) is 20.3. The van der Waals surface area contributed by atoms with Crippen molar-refractivity contribution in [2.24, 2.45) is 5.73 Å². The van der Waals surface area contributed by atoms with E-state index < -0.39 is 60.2 Å². The lowest BCUT2D eigenvalue weighted by Gasteiger charge is -2.28. The molecular formula is C21H32N6O7S. The molecule has 35 heavy (non-hydrogen) atoms. The number of nitrogens with one attached hydrogen (secondary N) is 3. The molecule has 0 bridgehead atoms. The summed E-state index contributed by atoms with van der Waals surface area (Å²) >= 11 is 1.42. The number of carbonyl (C=O) groups is 5. The van der Waals surface area contributed by atoms with Crippen molar-refractivity contribution >= 4 is 41.4 Å². The molecule has 1 aliphatic heterocycles. The Kier molecular flexibility index (Phi) is 11.0. The van der Waals surface area contributed by atoms with Crippen LogP contribution in [0.3, 0.4) is 0 Å². The maximum Gasteiger partial charge on any atom is 0.326 e. The van der Waals surface area contributed by atoms with Crippen LogP contribution in [0.2, 0.25) is 0 Å². The van der Waals surface area contributed by atoms with Crippen LogP contribution in [0.1, 0.15) is 37.8 Å². The van der Waals surface area contributed by atoms with Gasteiger partial charge in [-0.25, -0.2) is 9.78 Å². The second-order valence-corrected chi connectivity index (χ2v) is 9.24. The van der Waals surface area contributed by atoms with Gasteiger partial charge in [-0.15, -0.1) is 0 Å². The summed E-state index contributed by atoms with van der Waals surface area (Å²) in [6.07, 6.45) is 5.46. The third-order valence-electron chi connectivity index (χ3n) is 5.66. The third-order valence-corrected chi connectivity index (χ3v) is 6.30. The number of nitrogens with zero attached hydrogens (tertiary/aromatic N) is 2. The summed E-state index contributed by atoms with van der Waals surface area (Å²) in [5.41, 5.74) is 6.72. The number of rotatable bonds is 14. The van der Waals surface area contributed by atoms with Crippen molar-refractivity contribution < 1.29 is 34.2 Å². The first-order valence-electron chi connectivity index (χ1n) is 11.2. The van der Waals surface area contributed by atoms with Crippen molar-refractivity contribution in [1.29, 1.82) is 0 Å². The molecule has 1 aromatic rings. The fourth-order valence-electron chi connectivity index (χ4n) is 3.81. The Morgan fingerprint density at radius 3 is 2.57 bits per heavy atom. The molecular weight excluding hydrogens is 480 g/mol. The van der Waals surface area contributed by atoms with Crippen LogP contribution in [0, 0.1) is 0 Å². The molecule has 1 saturated heterocycles. The predicted molar refractivity (Wildman–Crippen MR) is 126 cm³/mol. The van der Waals surface area contributed by atoms with E-state index in [1.807, 2.05) is 0 Å². The third kappa shape index (κ3) is 8.55. The molecule has 7 N–H and O–H groups in total. The van der Waals surface area contributed by atoms with Gasteiger partial charge in [-0.05, 0) is 37.7 Å². The van der Waals surface area contributed by atoms with Gasteiger partial charge in [-0.2, -0.15) is 11.8 Å². The van der Waals surface area contributed by atoms with Crippen molar-refractivity contribution in [3.63, 3.8) is 0 Å².